The van der Waals surface area contributed by atoms with E-state index in [1.54, 1.807) is 0 Å². The molecular formula is C59H118N2O5. The van der Waals surface area contributed by atoms with Crippen LogP contribution < -0.4 is 5.32 Å². The van der Waals surface area contributed by atoms with Gasteiger partial charge in [0.2, 0.25) is 5.91 Å². The van der Waals surface area contributed by atoms with E-state index in [0.29, 0.717) is 31.2 Å². The van der Waals surface area contributed by atoms with Crippen LogP contribution in [0.2, 0.25) is 0 Å². The molecule has 0 spiro atoms. The Labute approximate surface area is 413 Å². The summed E-state index contributed by atoms with van der Waals surface area (Å²) in [6.45, 7) is 13.0. The minimum atomic E-state index is 0. The average molecular weight is 936 g/mol. The minimum absolute atomic E-state index is 0. The third-order valence-corrected chi connectivity index (χ3v) is 13.8. The summed E-state index contributed by atoms with van der Waals surface area (Å²) >= 11 is 0. The second kappa shape index (κ2) is 52.7. The molecule has 394 valence electrons. The monoisotopic (exact) mass is 935 g/mol. The second-order valence-corrected chi connectivity index (χ2v) is 20.2. The zero-order valence-corrected chi connectivity index (χ0v) is 44.7. The van der Waals surface area contributed by atoms with Gasteiger partial charge in [-0.05, 0) is 103 Å². The smallest absolute Gasteiger partial charge is 0.306 e. The van der Waals surface area contributed by atoms with Gasteiger partial charge in [0.15, 0.2) is 0 Å². The fourth-order valence-corrected chi connectivity index (χ4v) is 9.52. The number of rotatable bonds is 52. The predicted octanol–water partition coefficient (Wildman–Crippen LogP) is 18.1. The van der Waals surface area contributed by atoms with E-state index >= 15 is 0 Å². The van der Waals surface area contributed by atoms with Crippen LogP contribution in [0, 0.1) is 0 Å². The summed E-state index contributed by atoms with van der Waals surface area (Å²) in [6, 6.07) is 0.317. The molecule has 7 heteroatoms. The van der Waals surface area contributed by atoms with Crippen molar-refractivity contribution in [2.75, 3.05) is 20.1 Å². The van der Waals surface area contributed by atoms with Crippen molar-refractivity contribution in [3.05, 3.63) is 0 Å². The van der Waals surface area contributed by atoms with Crippen LogP contribution >= 0.6 is 0 Å². The molecule has 7 nitrogen and oxygen atoms in total. The third kappa shape index (κ3) is 43.6. The molecule has 0 bridgehead atoms. The molecule has 0 rings (SSSR count). The Kier molecular flexibility index (Phi) is 53.1. The molecule has 66 heavy (non-hydrogen) atoms. The molecule has 0 radical (unpaired) electrons. The number of nitrogens with zero attached hydrogens (tertiary/aromatic N) is 1. The topological polar surface area (TPSA) is 84.9 Å². The molecule has 0 aromatic carbocycles. The zero-order chi connectivity index (χ0) is 47.7. The van der Waals surface area contributed by atoms with Crippen LogP contribution in [0.3, 0.4) is 0 Å². The van der Waals surface area contributed by atoms with Gasteiger partial charge in [-0.1, -0.05) is 215 Å². The molecule has 0 aromatic heterocycles. The third-order valence-electron chi connectivity index (χ3n) is 13.8. The van der Waals surface area contributed by atoms with Crippen molar-refractivity contribution in [2.45, 2.75) is 343 Å². The van der Waals surface area contributed by atoms with Crippen LogP contribution in [0.15, 0.2) is 0 Å². The Morgan fingerprint density at radius 2 is 0.667 bits per heavy atom. The molecular weight excluding hydrogens is 817 g/mol. The molecule has 0 unspecified atom stereocenters. The van der Waals surface area contributed by atoms with E-state index in [0.717, 1.165) is 122 Å². The van der Waals surface area contributed by atoms with Crippen molar-refractivity contribution in [3.63, 3.8) is 0 Å². The highest BCUT2D eigenvalue weighted by Crippen LogP contribution is 2.23. The normalized spacial score (nSPS) is 11.5. The summed E-state index contributed by atoms with van der Waals surface area (Å²) in [4.78, 5) is 41.8. The Bertz CT molecular complexity index is 940. The van der Waals surface area contributed by atoms with E-state index in [9.17, 15) is 14.4 Å². The van der Waals surface area contributed by atoms with Gasteiger partial charge in [-0.3, -0.25) is 14.4 Å². The van der Waals surface area contributed by atoms with Crippen LogP contribution in [0.1, 0.15) is 325 Å². The lowest BCUT2D eigenvalue weighted by atomic mass is 9.97. The van der Waals surface area contributed by atoms with E-state index in [4.69, 9.17) is 9.47 Å². The zero-order valence-electron chi connectivity index (χ0n) is 44.7. The van der Waals surface area contributed by atoms with Gasteiger partial charge >= 0.3 is 11.9 Å². The van der Waals surface area contributed by atoms with E-state index < -0.39 is 0 Å². The molecule has 1 amide bonds. The largest absolute Gasteiger partial charge is 0.462 e. The number of nitrogens with one attached hydrogen (secondary N) is 1. The first-order valence-corrected chi connectivity index (χ1v) is 29.2. The van der Waals surface area contributed by atoms with Gasteiger partial charge in [0.05, 0.1) is 0 Å². The summed E-state index contributed by atoms with van der Waals surface area (Å²) in [5.74, 6) is 0.393. The lowest BCUT2D eigenvalue weighted by molar-refractivity contribution is -0.151. The minimum Gasteiger partial charge on any atom is -0.462 e. The Hall–Kier alpha value is -1.63. The number of hydrogen-bond donors (Lipinski definition) is 1. The number of ether oxygens (including phenoxy) is 2. The van der Waals surface area contributed by atoms with E-state index in [-0.39, 0.29) is 31.6 Å². The summed E-state index contributed by atoms with van der Waals surface area (Å²) in [6.07, 6.45) is 49.6. The molecule has 1 N–H and O–H groups in total. The van der Waals surface area contributed by atoms with Crippen molar-refractivity contribution in [1.82, 2.24) is 10.2 Å². The molecule has 0 aliphatic heterocycles. The molecule has 0 aromatic rings. The fraction of sp³-hybridized carbons (Fsp3) is 0.949. The quantitative estimate of drug-likeness (QED) is 0.0483. The van der Waals surface area contributed by atoms with Crippen LogP contribution in [-0.2, 0) is 23.9 Å². The SMILES string of the molecule is C.CCCCCCCCC(=O)N(CCCNC)C(CCCCCCCCC(=O)OC(CCCCCC)CCCCCC)CCCCCCCCC(=O)OC(CCCCCC)CCCCCC. The Morgan fingerprint density at radius 3 is 1.02 bits per heavy atom. The molecule has 0 saturated heterocycles. The predicted molar refractivity (Wildman–Crippen MR) is 287 cm³/mol. The number of carbonyl (C=O) groups excluding carboxylic acids is 3. The van der Waals surface area contributed by atoms with Crippen molar-refractivity contribution in [3.8, 4) is 0 Å². The van der Waals surface area contributed by atoms with Crippen LogP contribution in [0.25, 0.3) is 0 Å². The number of carbonyl (C=O) groups is 3. The average Bonchev–Trinajstić information content (AvgIpc) is 3.30. The molecule has 0 fully saturated rings. The first-order valence-electron chi connectivity index (χ1n) is 29.2. The molecule has 0 aliphatic rings. The van der Waals surface area contributed by atoms with E-state index in [1.165, 1.54) is 154 Å². The molecule has 0 atom stereocenters. The number of amides is 1. The highest BCUT2D eigenvalue weighted by atomic mass is 16.5. The lowest BCUT2D eigenvalue weighted by Gasteiger charge is -2.33. The summed E-state index contributed by atoms with van der Waals surface area (Å²) < 4.78 is 12.1. The Balaban J connectivity index is 0. The van der Waals surface area contributed by atoms with Gasteiger partial charge in [0, 0.05) is 31.8 Å². The van der Waals surface area contributed by atoms with Crippen LogP contribution in [-0.4, -0.2) is 61.1 Å². The maximum Gasteiger partial charge on any atom is 0.306 e. The standard InChI is InChI=1S/C58H114N2O5.CH4/c1-7-12-17-22-29-38-48-56(61)60(52-41-51-59-6)53(42-32-27-23-25-30-39-49-57(62)64-54(44-34-18-13-8-2)45-35-19-14-9-3)43-33-28-24-26-31-40-50-58(63)65-55(46-36-20-15-10-4)47-37-21-16-11-5;/h53-55,59H,7-52H2,1-6H3;1H4. The number of hydrogen-bond acceptors (Lipinski definition) is 6. The number of unbranched alkanes of at least 4 members (excludes halogenated alkanes) is 27. The van der Waals surface area contributed by atoms with Crippen molar-refractivity contribution in [2.24, 2.45) is 0 Å². The van der Waals surface area contributed by atoms with Crippen LogP contribution in [0.5, 0.6) is 0 Å². The molecule has 0 heterocycles. The van der Waals surface area contributed by atoms with Gasteiger partial charge < -0.3 is 19.7 Å². The highest BCUT2D eigenvalue weighted by molar-refractivity contribution is 5.76. The van der Waals surface area contributed by atoms with Crippen LogP contribution in [0.4, 0.5) is 0 Å². The van der Waals surface area contributed by atoms with Gasteiger partial charge in [0.1, 0.15) is 12.2 Å². The lowest BCUT2D eigenvalue weighted by Crippen LogP contribution is -2.41. The Morgan fingerprint density at radius 1 is 0.379 bits per heavy atom. The van der Waals surface area contributed by atoms with Crippen molar-refractivity contribution >= 4 is 17.8 Å². The first-order chi connectivity index (χ1) is 31.9. The van der Waals surface area contributed by atoms with Gasteiger partial charge in [-0.25, -0.2) is 0 Å². The summed E-state index contributed by atoms with van der Waals surface area (Å²) in [5.41, 5.74) is 0. The molecule has 0 saturated carbocycles. The summed E-state index contributed by atoms with van der Waals surface area (Å²) in [7, 11) is 2.01. The van der Waals surface area contributed by atoms with E-state index in [2.05, 4.69) is 44.8 Å². The maximum atomic E-state index is 13.9. The van der Waals surface area contributed by atoms with Crippen molar-refractivity contribution in [1.29, 1.82) is 0 Å². The van der Waals surface area contributed by atoms with Crippen molar-refractivity contribution < 1.29 is 23.9 Å². The van der Waals surface area contributed by atoms with Gasteiger partial charge in [0.25, 0.3) is 0 Å². The van der Waals surface area contributed by atoms with Gasteiger partial charge in [-0.15, -0.1) is 0 Å². The maximum absolute atomic E-state index is 13.9. The molecule has 0 aliphatic carbocycles. The fourth-order valence-electron chi connectivity index (χ4n) is 9.52. The highest BCUT2D eigenvalue weighted by Gasteiger charge is 2.23. The first kappa shape index (κ1) is 66.5. The number of esters is 2. The summed E-state index contributed by atoms with van der Waals surface area (Å²) in [5, 5.41) is 3.31. The second-order valence-electron chi connectivity index (χ2n) is 20.2. The van der Waals surface area contributed by atoms with Gasteiger partial charge in [-0.2, -0.15) is 0 Å². The van der Waals surface area contributed by atoms with E-state index in [1.807, 2.05) is 7.05 Å².